The fourth-order valence-corrected chi connectivity index (χ4v) is 2.60. The van der Waals surface area contributed by atoms with E-state index in [1.165, 1.54) is 18.4 Å². The van der Waals surface area contributed by atoms with Crippen LogP contribution in [0.15, 0.2) is 18.2 Å². The summed E-state index contributed by atoms with van der Waals surface area (Å²) in [5.74, 6) is 2.49. The van der Waals surface area contributed by atoms with Gasteiger partial charge in [0.2, 0.25) is 0 Å². The van der Waals surface area contributed by atoms with E-state index in [4.69, 9.17) is 9.47 Å². The maximum Gasteiger partial charge on any atom is 0.160 e. The highest BCUT2D eigenvalue weighted by Gasteiger charge is 2.28. The third kappa shape index (κ3) is 3.87. The molecule has 2 rings (SSSR count). The summed E-state index contributed by atoms with van der Waals surface area (Å²) in [7, 11) is 3.34. The van der Waals surface area contributed by atoms with E-state index in [0.29, 0.717) is 12.1 Å². The molecule has 0 heterocycles. The fraction of sp³-hybridized carbons (Fsp3) is 0.625. The van der Waals surface area contributed by atoms with Crippen molar-refractivity contribution in [3.05, 3.63) is 23.8 Å². The van der Waals surface area contributed by atoms with Gasteiger partial charge in [0.15, 0.2) is 11.5 Å². The van der Waals surface area contributed by atoms with Crippen LogP contribution in [0.4, 0.5) is 0 Å². The summed E-state index contributed by atoms with van der Waals surface area (Å²) in [6.45, 7) is 4.54. The lowest BCUT2D eigenvalue weighted by Crippen LogP contribution is -2.37. The van der Waals surface area contributed by atoms with E-state index in [2.05, 4.69) is 31.3 Å². The van der Waals surface area contributed by atoms with Gasteiger partial charge in [-0.25, -0.2) is 0 Å². The lowest BCUT2D eigenvalue weighted by molar-refractivity contribution is 0.354. The second-order valence-electron chi connectivity index (χ2n) is 5.59. The maximum absolute atomic E-state index is 5.34. The van der Waals surface area contributed by atoms with E-state index in [0.717, 1.165) is 23.8 Å². The van der Waals surface area contributed by atoms with Crippen molar-refractivity contribution < 1.29 is 9.47 Å². The third-order valence-electron chi connectivity index (χ3n) is 3.87. The molecule has 1 aliphatic rings. The average Bonchev–Trinajstić information content (AvgIpc) is 3.22. The van der Waals surface area contributed by atoms with Crippen LogP contribution in [0.3, 0.4) is 0 Å². The molecule has 2 atom stereocenters. The summed E-state index contributed by atoms with van der Waals surface area (Å²) < 4.78 is 10.6. The molecular weight excluding hydrogens is 238 g/mol. The van der Waals surface area contributed by atoms with Crippen LogP contribution in [0.2, 0.25) is 0 Å². The normalized spacial score (nSPS) is 17.9. The lowest BCUT2D eigenvalue weighted by Gasteiger charge is -2.20. The molecule has 0 radical (unpaired) electrons. The minimum absolute atomic E-state index is 0.480. The Morgan fingerprint density at radius 1 is 1.16 bits per heavy atom. The molecule has 1 aromatic rings. The topological polar surface area (TPSA) is 30.5 Å². The molecule has 2 unspecified atom stereocenters. The molecule has 0 bridgehead atoms. The predicted molar refractivity (Wildman–Crippen MR) is 78.0 cm³/mol. The number of hydrogen-bond acceptors (Lipinski definition) is 3. The van der Waals surface area contributed by atoms with Crippen molar-refractivity contribution in [1.82, 2.24) is 5.32 Å². The molecule has 0 aliphatic heterocycles. The Balaban J connectivity index is 1.93. The first-order chi connectivity index (χ1) is 9.13. The molecule has 3 heteroatoms. The van der Waals surface area contributed by atoms with E-state index in [1.807, 2.05) is 6.07 Å². The van der Waals surface area contributed by atoms with Crippen molar-refractivity contribution in [3.63, 3.8) is 0 Å². The van der Waals surface area contributed by atoms with E-state index in [1.54, 1.807) is 14.2 Å². The zero-order valence-corrected chi connectivity index (χ0v) is 12.4. The quantitative estimate of drug-likeness (QED) is 0.820. The molecule has 19 heavy (non-hydrogen) atoms. The van der Waals surface area contributed by atoms with E-state index >= 15 is 0 Å². The Hall–Kier alpha value is -1.22. The summed E-state index contributed by atoms with van der Waals surface area (Å²) >= 11 is 0. The fourth-order valence-electron chi connectivity index (χ4n) is 2.60. The summed E-state index contributed by atoms with van der Waals surface area (Å²) in [5.41, 5.74) is 1.28. The second-order valence-corrected chi connectivity index (χ2v) is 5.59. The van der Waals surface area contributed by atoms with Crippen LogP contribution < -0.4 is 14.8 Å². The number of methoxy groups -OCH3 is 2. The first-order valence-electron chi connectivity index (χ1n) is 7.11. The summed E-state index contributed by atoms with van der Waals surface area (Å²) in [6.07, 6.45) is 3.78. The monoisotopic (exact) mass is 263 g/mol. The largest absolute Gasteiger partial charge is 0.493 e. The Labute approximate surface area is 116 Å². The lowest BCUT2D eigenvalue weighted by atomic mass is 10.0. The number of nitrogens with one attached hydrogen (secondary N) is 1. The molecule has 0 saturated heterocycles. The highest BCUT2D eigenvalue weighted by Crippen LogP contribution is 2.32. The standard InChI is InChI=1S/C16H25NO2/c1-11(17-12(2)14-6-7-14)9-13-5-8-15(18-3)16(10-13)19-4/h5,8,10-12,14,17H,6-7,9H2,1-4H3. The molecular formula is C16H25NO2. The minimum Gasteiger partial charge on any atom is -0.493 e. The van der Waals surface area contributed by atoms with Crippen LogP contribution in [0.25, 0.3) is 0 Å². The Bertz CT molecular complexity index is 415. The molecule has 3 nitrogen and oxygen atoms in total. The molecule has 1 aliphatic carbocycles. The third-order valence-corrected chi connectivity index (χ3v) is 3.87. The first kappa shape index (κ1) is 14.2. The smallest absolute Gasteiger partial charge is 0.160 e. The van der Waals surface area contributed by atoms with Gasteiger partial charge in [-0.2, -0.15) is 0 Å². The van der Waals surface area contributed by atoms with Gasteiger partial charge in [-0.15, -0.1) is 0 Å². The van der Waals surface area contributed by atoms with Crippen molar-refractivity contribution >= 4 is 0 Å². The van der Waals surface area contributed by atoms with Crippen molar-refractivity contribution in [1.29, 1.82) is 0 Å². The molecule has 1 N–H and O–H groups in total. The highest BCUT2D eigenvalue weighted by molar-refractivity contribution is 5.43. The van der Waals surface area contributed by atoms with Crippen molar-refractivity contribution in [2.45, 2.75) is 45.2 Å². The summed E-state index contributed by atoms with van der Waals surface area (Å²) in [6, 6.07) is 7.27. The Morgan fingerprint density at radius 2 is 1.84 bits per heavy atom. The Kier molecular flexibility index (Phi) is 4.70. The Morgan fingerprint density at radius 3 is 2.42 bits per heavy atom. The van der Waals surface area contributed by atoms with Crippen LogP contribution in [0.1, 0.15) is 32.3 Å². The number of hydrogen-bond donors (Lipinski definition) is 1. The zero-order valence-electron chi connectivity index (χ0n) is 12.4. The molecule has 106 valence electrons. The van der Waals surface area contributed by atoms with Crippen molar-refractivity contribution in [2.75, 3.05) is 14.2 Å². The molecule has 0 spiro atoms. The minimum atomic E-state index is 0.480. The van der Waals surface area contributed by atoms with Crippen molar-refractivity contribution in [3.8, 4) is 11.5 Å². The highest BCUT2D eigenvalue weighted by atomic mass is 16.5. The van der Waals surface area contributed by atoms with Gasteiger partial charge < -0.3 is 14.8 Å². The average molecular weight is 263 g/mol. The van der Waals surface area contributed by atoms with Gasteiger partial charge in [0.05, 0.1) is 14.2 Å². The number of ether oxygens (including phenoxy) is 2. The summed E-state index contributed by atoms with van der Waals surface area (Å²) in [5, 5.41) is 3.68. The van der Waals surface area contributed by atoms with Crippen LogP contribution in [-0.2, 0) is 6.42 Å². The molecule has 1 saturated carbocycles. The zero-order chi connectivity index (χ0) is 13.8. The molecule has 1 aromatic carbocycles. The van der Waals surface area contributed by atoms with Gasteiger partial charge in [0.1, 0.15) is 0 Å². The van der Waals surface area contributed by atoms with Gasteiger partial charge in [-0.3, -0.25) is 0 Å². The SMILES string of the molecule is COc1ccc(CC(C)NC(C)C2CC2)cc1OC. The van der Waals surface area contributed by atoms with E-state index in [9.17, 15) is 0 Å². The van der Waals surface area contributed by atoms with Gasteiger partial charge in [-0.1, -0.05) is 6.07 Å². The van der Waals surface area contributed by atoms with E-state index in [-0.39, 0.29) is 0 Å². The van der Waals surface area contributed by atoms with Gasteiger partial charge in [-0.05, 0) is 56.7 Å². The van der Waals surface area contributed by atoms with Crippen LogP contribution in [0.5, 0.6) is 11.5 Å². The van der Waals surface area contributed by atoms with E-state index < -0.39 is 0 Å². The van der Waals surface area contributed by atoms with Crippen LogP contribution in [0, 0.1) is 5.92 Å². The maximum atomic E-state index is 5.34. The summed E-state index contributed by atoms with van der Waals surface area (Å²) in [4.78, 5) is 0. The molecule has 0 amide bonds. The first-order valence-corrected chi connectivity index (χ1v) is 7.11. The second kappa shape index (κ2) is 6.29. The van der Waals surface area contributed by atoms with Gasteiger partial charge in [0, 0.05) is 12.1 Å². The molecule has 0 aromatic heterocycles. The molecule has 1 fully saturated rings. The van der Waals surface area contributed by atoms with Gasteiger partial charge >= 0.3 is 0 Å². The van der Waals surface area contributed by atoms with Crippen LogP contribution >= 0.6 is 0 Å². The number of rotatable bonds is 7. The van der Waals surface area contributed by atoms with Gasteiger partial charge in [0.25, 0.3) is 0 Å². The number of benzene rings is 1. The van der Waals surface area contributed by atoms with Crippen LogP contribution in [-0.4, -0.2) is 26.3 Å². The predicted octanol–water partition coefficient (Wildman–Crippen LogP) is 3.02. The van der Waals surface area contributed by atoms with Crippen molar-refractivity contribution in [2.24, 2.45) is 5.92 Å².